The van der Waals surface area contributed by atoms with Gasteiger partial charge >= 0.3 is 0 Å². The first-order chi connectivity index (χ1) is 7.13. The minimum absolute atomic E-state index is 0.0761. The van der Waals surface area contributed by atoms with Gasteiger partial charge in [0.05, 0.1) is 7.11 Å². The van der Waals surface area contributed by atoms with Crippen molar-refractivity contribution in [2.24, 2.45) is 5.73 Å². The standard InChI is InChI=1S/C10H12FNO3/c1-14-8-3-2-6(11)9-5(8)4-7(13)10(12)15-9/h2-3,7,10,13H,4,12H2,1H3/t7?,10-/m1/s1. The summed E-state index contributed by atoms with van der Waals surface area (Å²) in [6.45, 7) is 0. The quantitative estimate of drug-likeness (QED) is 0.709. The van der Waals surface area contributed by atoms with Crippen LogP contribution in [0.1, 0.15) is 5.56 Å². The Hall–Kier alpha value is -1.33. The van der Waals surface area contributed by atoms with Crippen molar-refractivity contribution in [3.63, 3.8) is 0 Å². The maximum atomic E-state index is 13.4. The molecule has 1 unspecified atom stereocenters. The van der Waals surface area contributed by atoms with Gasteiger partial charge in [-0.3, -0.25) is 5.73 Å². The Morgan fingerprint density at radius 2 is 2.33 bits per heavy atom. The second-order valence-electron chi connectivity index (χ2n) is 3.41. The molecule has 1 aromatic rings. The number of hydrogen-bond acceptors (Lipinski definition) is 4. The van der Waals surface area contributed by atoms with Crippen molar-refractivity contribution in [3.8, 4) is 11.5 Å². The van der Waals surface area contributed by atoms with Crippen LogP contribution in [0.15, 0.2) is 12.1 Å². The number of benzene rings is 1. The van der Waals surface area contributed by atoms with E-state index < -0.39 is 18.1 Å². The third kappa shape index (κ3) is 1.64. The van der Waals surface area contributed by atoms with Gasteiger partial charge in [0.15, 0.2) is 17.8 Å². The Kier molecular flexibility index (Phi) is 2.50. The molecule has 1 aliphatic heterocycles. The third-order valence-electron chi connectivity index (χ3n) is 2.44. The third-order valence-corrected chi connectivity index (χ3v) is 2.44. The lowest BCUT2D eigenvalue weighted by molar-refractivity contribution is 0.0221. The van der Waals surface area contributed by atoms with E-state index in [4.69, 9.17) is 15.2 Å². The van der Waals surface area contributed by atoms with Crippen molar-refractivity contribution in [3.05, 3.63) is 23.5 Å². The van der Waals surface area contributed by atoms with E-state index in [0.717, 1.165) is 0 Å². The van der Waals surface area contributed by atoms with Crippen LogP contribution in [-0.4, -0.2) is 24.5 Å². The second-order valence-corrected chi connectivity index (χ2v) is 3.41. The van der Waals surface area contributed by atoms with E-state index >= 15 is 0 Å². The van der Waals surface area contributed by atoms with E-state index in [1.54, 1.807) is 0 Å². The molecule has 0 saturated heterocycles. The number of ether oxygens (including phenoxy) is 2. The topological polar surface area (TPSA) is 64.7 Å². The van der Waals surface area contributed by atoms with Crippen LogP contribution in [0.5, 0.6) is 11.5 Å². The molecule has 5 heteroatoms. The Morgan fingerprint density at radius 1 is 1.60 bits per heavy atom. The summed E-state index contributed by atoms with van der Waals surface area (Å²) in [7, 11) is 1.48. The first kappa shape index (κ1) is 10.2. The number of nitrogens with two attached hydrogens (primary N) is 1. The van der Waals surface area contributed by atoms with Crippen molar-refractivity contribution >= 4 is 0 Å². The maximum Gasteiger partial charge on any atom is 0.174 e. The van der Waals surface area contributed by atoms with E-state index in [0.29, 0.717) is 11.3 Å². The van der Waals surface area contributed by atoms with E-state index in [1.807, 2.05) is 0 Å². The molecule has 1 aromatic carbocycles. The molecule has 1 aliphatic rings. The summed E-state index contributed by atoms with van der Waals surface area (Å²) in [4.78, 5) is 0. The fourth-order valence-electron chi connectivity index (χ4n) is 1.63. The predicted molar refractivity (Wildman–Crippen MR) is 51.3 cm³/mol. The summed E-state index contributed by atoms with van der Waals surface area (Å²) in [6.07, 6.45) is -1.50. The van der Waals surface area contributed by atoms with Crippen molar-refractivity contribution in [2.75, 3.05) is 7.11 Å². The summed E-state index contributed by atoms with van der Waals surface area (Å²) >= 11 is 0. The number of methoxy groups -OCH3 is 1. The van der Waals surface area contributed by atoms with E-state index in [2.05, 4.69) is 0 Å². The molecule has 0 radical (unpaired) electrons. The Balaban J connectivity index is 2.49. The first-order valence-electron chi connectivity index (χ1n) is 4.59. The maximum absolute atomic E-state index is 13.4. The zero-order valence-electron chi connectivity index (χ0n) is 8.24. The first-order valence-corrected chi connectivity index (χ1v) is 4.59. The predicted octanol–water partition coefficient (Wildman–Crippen LogP) is 0.415. The van der Waals surface area contributed by atoms with Gasteiger partial charge in [0.2, 0.25) is 0 Å². The molecule has 0 aromatic heterocycles. The zero-order valence-corrected chi connectivity index (χ0v) is 8.24. The number of aliphatic hydroxyl groups is 1. The lowest BCUT2D eigenvalue weighted by atomic mass is 10.0. The zero-order chi connectivity index (χ0) is 11.0. The van der Waals surface area contributed by atoms with Crippen LogP contribution < -0.4 is 15.2 Å². The summed E-state index contributed by atoms with van der Waals surface area (Å²) < 4.78 is 23.5. The molecular formula is C10H12FNO3. The fraction of sp³-hybridized carbons (Fsp3) is 0.400. The molecule has 82 valence electrons. The van der Waals surface area contributed by atoms with Crippen LogP contribution in [0.25, 0.3) is 0 Å². The minimum Gasteiger partial charge on any atom is -0.496 e. The Labute approximate surface area is 86.4 Å². The van der Waals surface area contributed by atoms with Gasteiger partial charge in [-0.05, 0) is 12.1 Å². The van der Waals surface area contributed by atoms with Crippen molar-refractivity contribution in [1.29, 1.82) is 0 Å². The van der Waals surface area contributed by atoms with Gasteiger partial charge in [-0.2, -0.15) is 0 Å². The van der Waals surface area contributed by atoms with E-state index in [-0.39, 0.29) is 12.2 Å². The smallest absolute Gasteiger partial charge is 0.174 e. The van der Waals surface area contributed by atoms with Crippen LogP contribution >= 0.6 is 0 Å². The van der Waals surface area contributed by atoms with E-state index in [1.165, 1.54) is 19.2 Å². The van der Waals surface area contributed by atoms with E-state index in [9.17, 15) is 9.50 Å². The van der Waals surface area contributed by atoms with Crippen LogP contribution in [0.4, 0.5) is 4.39 Å². The SMILES string of the molecule is COc1ccc(F)c2c1CC(O)[C@H](N)O2. The van der Waals surface area contributed by atoms with Crippen LogP contribution in [0.3, 0.4) is 0 Å². The summed E-state index contributed by atoms with van der Waals surface area (Å²) in [5.74, 6) is 0.0812. The average molecular weight is 213 g/mol. The van der Waals surface area contributed by atoms with Gasteiger partial charge in [0, 0.05) is 12.0 Å². The average Bonchev–Trinajstić information content (AvgIpc) is 2.22. The fourth-order valence-corrected chi connectivity index (χ4v) is 1.63. The number of rotatable bonds is 1. The largest absolute Gasteiger partial charge is 0.496 e. The van der Waals surface area contributed by atoms with Gasteiger partial charge in [0.1, 0.15) is 11.9 Å². The number of hydrogen-bond donors (Lipinski definition) is 2. The molecule has 0 amide bonds. The van der Waals surface area contributed by atoms with Crippen molar-refractivity contribution in [2.45, 2.75) is 18.8 Å². The summed E-state index contributed by atoms with van der Waals surface area (Å²) in [6, 6.07) is 2.75. The normalized spacial score (nSPS) is 24.3. The van der Waals surface area contributed by atoms with Crippen molar-refractivity contribution < 1.29 is 19.0 Å². The molecule has 0 bridgehead atoms. The Bertz CT molecular complexity index is 383. The minimum atomic E-state index is -0.890. The molecule has 2 rings (SSSR count). The lowest BCUT2D eigenvalue weighted by Crippen LogP contribution is -2.44. The summed E-state index contributed by atoms with van der Waals surface area (Å²) in [5, 5.41) is 9.51. The highest BCUT2D eigenvalue weighted by Crippen LogP contribution is 2.36. The molecule has 3 N–H and O–H groups in total. The van der Waals surface area contributed by atoms with Crippen LogP contribution in [-0.2, 0) is 6.42 Å². The monoisotopic (exact) mass is 213 g/mol. The molecule has 0 saturated carbocycles. The molecule has 4 nitrogen and oxygen atoms in total. The highest BCUT2D eigenvalue weighted by atomic mass is 19.1. The molecular weight excluding hydrogens is 201 g/mol. The molecule has 0 aliphatic carbocycles. The number of fused-ring (bicyclic) bond motifs is 1. The highest BCUT2D eigenvalue weighted by molar-refractivity contribution is 5.47. The molecule has 15 heavy (non-hydrogen) atoms. The number of halogens is 1. The number of aliphatic hydroxyl groups excluding tert-OH is 1. The van der Waals surface area contributed by atoms with Crippen LogP contribution in [0.2, 0.25) is 0 Å². The molecule has 1 heterocycles. The summed E-state index contributed by atoms with van der Waals surface area (Å²) in [5.41, 5.74) is 5.99. The van der Waals surface area contributed by atoms with Crippen molar-refractivity contribution in [1.82, 2.24) is 0 Å². The second kappa shape index (κ2) is 3.67. The van der Waals surface area contributed by atoms with Gasteiger partial charge in [-0.25, -0.2) is 4.39 Å². The van der Waals surface area contributed by atoms with Gasteiger partial charge < -0.3 is 14.6 Å². The van der Waals surface area contributed by atoms with Gasteiger partial charge in [-0.1, -0.05) is 0 Å². The van der Waals surface area contributed by atoms with Gasteiger partial charge in [0.25, 0.3) is 0 Å². The molecule has 0 spiro atoms. The Morgan fingerprint density at radius 3 is 3.00 bits per heavy atom. The lowest BCUT2D eigenvalue weighted by Gasteiger charge is -2.28. The highest BCUT2D eigenvalue weighted by Gasteiger charge is 2.29. The van der Waals surface area contributed by atoms with Crippen LogP contribution in [0, 0.1) is 5.82 Å². The molecule has 0 fully saturated rings. The van der Waals surface area contributed by atoms with Gasteiger partial charge in [-0.15, -0.1) is 0 Å². The molecule has 2 atom stereocenters.